The maximum atomic E-state index is 3.63. The van der Waals surface area contributed by atoms with Crippen LogP contribution in [-0.2, 0) is 0 Å². The molecule has 1 fully saturated rings. The lowest BCUT2D eigenvalue weighted by Gasteiger charge is -2.33. The second-order valence-electron chi connectivity index (χ2n) is 6.34. The summed E-state index contributed by atoms with van der Waals surface area (Å²) in [4.78, 5) is 0. The summed E-state index contributed by atoms with van der Waals surface area (Å²) in [6.45, 7) is 10.5. The fourth-order valence-electron chi connectivity index (χ4n) is 2.87. The maximum Gasteiger partial charge on any atom is 0.00104 e. The minimum Gasteiger partial charge on any atom is -0.314 e. The summed E-state index contributed by atoms with van der Waals surface area (Å²) in [7, 11) is 0. The largest absolute Gasteiger partial charge is 0.314 e. The minimum atomic E-state index is 0.646. The molecule has 0 aromatic carbocycles. The zero-order valence-electron chi connectivity index (χ0n) is 11.8. The fourth-order valence-corrected chi connectivity index (χ4v) is 2.87. The van der Waals surface area contributed by atoms with E-state index in [2.05, 4.69) is 33.0 Å². The summed E-state index contributed by atoms with van der Waals surface area (Å²) in [6, 6.07) is 0.646. The molecule has 0 aliphatic heterocycles. The van der Waals surface area contributed by atoms with Gasteiger partial charge in [-0.1, -0.05) is 53.4 Å². The van der Waals surface area contributed by atoms with Gasteiger partial charge in [0.15, 0.2) is 0 Å². The average molecular weight is 225 g/mol. The van der Waals surface area contributed by atoms with Crippen molar-refractivity contribution in [3.63, 3.8) is 0 Å². The molecular formula is C15H31N. The molecule has 1 aliphatic carbocycles. The number of hydrogen-bond acceptors (Lipinski definition) is 1. The van der Waals surface area contributed by atoms with Crippen LogP contribution in [0.5, 0.6) is 0 Å². The van der Waals surface area contributed by atoms with Crippen LogP contribution < -0.4 is 5.32 Å². The monoisotopic (exact) mass is 225 g/mol. The van der Waals surface area contributed by atoms with Crippen LogP contribution >= 0.6 is 0 Å². The molecule has 0 heterocycles. The van der Waals surface area contributed by atoms with Crippen LogP contribution in [0.3, 0.4) is 0 Å². The molecule has 96 valence electrons. The molecule has 1 rings (SSSR count). The van der Waals surface area contributed by atoms with Gasteiger partial charge in [-0.2, -0.15) is 0 Å². The summed E-state index contributed by atoms with van der Waals surface area (Å²) < 4.78 is 0. The van der Waals surface area contributed by atoms with Crippen LogP contribution in [-0.4, -0.2) is 12.6 Å². The van der Waals surface area contributed by atoms with Crippen molar-refractivity contribution < 1.29 is 0 Å². The van der Waals surface area contributed by atoms with Crippen molar-refractivity contribution >= 4 is 0 Å². The zero-order chi connectivity index (χ0) is 12.0. The SMILES string of the molecule is CC(C)CCC1CCCCC1CNC(C)C. The molecule has 1 saturated carbocycles. The first-order chi connectivity index (χ1) is 7.59. The molecule has 2 atom stereocenters. The Balaban J connectivity index is 2.31. The third-order valence-electron chi connectivity index (χ3n) is 3.97. The lowest BCUT2D eigenvalue weighted by Crippen LogP contribution is -2.34. The molecule has 0 aromatic rings. The van der Waals surface area contributed by atoms with E-state index in [1.54, 1.807) is 0 Å². The van der Waals surface area contributed by atoms with Crippen LogP contribution in [0.1, 0.15) is 66.2 Å². The van der Waals surface area contributed by atoms with Gasteiger partial charge in [0, 0.05) is 6.04 Å². The first kappa shape index (κ1) is 14.0. The van der Waals surface area contributed by atoms with Crippen molar-refractivity contribution in [3.8, 4) is 0 Å². The average Bonchev–Trinajstić information content (AvgIpc) is 2.24. The molecule has 0 spiro atoms. The predicted octanol–water partition coefficient (Wildman–Crippen LogP) is 4.23. The van der Waals surface area contributed by atoms with Crippen molar-refractivity contribution in [2.45, 2.75) is 72.3 Å². The number of rotatable bonds is 6. The van der Waals surface area contributed by atoms with Gasteiger partial charge in [-0.05, 0) is 37.1 Å². The zero-order valence-corrected chi connectivity index (χ0v) is 11.8. The first-order valence-corrected chi connectivity index (χ1v) is 7.33. The summed E-state index contributed by atoms with van der Waals surface area (Å²) >= 11 is 0. The lowest BCUT2D eigenvalue weighted by molar-refractivity contribution is 0.204. The smallest absolute Gasteiger partial charge is 0.00104 e. The fraction of sp³-hybridized carbons (Fsp3) is 1.00. The third kappa shape index (κ3) is 5.34. The van der Waals surface area contributed by atoms with Gasteiger partial charge in [-0.25, -0.2) is 0 Å². The lowest BCUT2D eigenvalue weighted by atomic mass is 9.76. The highest BCUT2D eigenvalue weighted by Gasteiger charge is 2.24. The minimum absolute atomic E-state index is 0.646. The number of nitrogens with one attached hydrogen (secondary N) is 1. The van der Waals surface area contributed by atoms with Crippen molar-refractivity contribution in [1.82, 2.24) is 5.32 Å². The second-order valence-corrected chi connectivity index (χ2v) is 6.34. The Hall–Kier alpha value is -0.0400. The third-order valence-corrected chi connectivity index (χ3v) is 3.97. The van der Waals surface area contributed by atoms with Gasteiger partial charge in [0.1, 0.15) is 0 Å². The summed E-state index contributed by atoms with van der Waals surface area (Å²) in [5, 5.41) is 3.63. The van der Waals surface area contributed by atoms with Crippen LogP contribution in [0.25, 0.3) is 0 Å². The molecule has 0 radical (unpaired) electrons. The van der Waals surface area contributed by atoms with E-state index in [4.69, 9.17) is 0 Å². The van der Waals surface area contributed by atoms with E-state index in [1.165, 1.54) is 45.1 Å². The van der Waals surface area contributed by atoms with Crippen molar-refractivity contribution in [2.75, 3.05) is 6.54 Å². The van der Waals surface area contributed by atoms with Gasteiger partial charge < -0.3 is 5.32 Å². The molecule has 16 heavy (non-hydrogen) atoms. The first-order valence-electron chi connectivity index (χ1n) is 7.33. The highest BCUT2D eigenvalue weighted by atomic mass is 14.9. The van der Waals surface area contributed by atoms with Crippen LogP contribution in [0.4, 0.5) is 0 Å². The molecule has 0 bridgehead atoms. The highest BCUT2D eigenvalue weighted by molar-refractivity contribution is 4.78. The van der Waals surface area contributed by atoms with E-state index in [-0.39, 0.29) is 0 Å². The van der Waals surface area contributed by atoms with E-state index >= 15 is 0 Å². The molecule has 0 amide bonds. The molecule has 1 heteroatoms. The quantitative estimate of drug-likeness (QED) is 0.713. The molecular weight excluding hydrogens is 194 g/mol. The maximum absolute atomic E-state index is 3.63. The van der Waals surface area contributed by atoms with E-state index in [0.717, 1.165) is 17.8 Å². The van der Waals surface area contributed by atoms with Gasteiger partial charge in [-0.15, -0.1) is 0 Å². The molecule has 1 aliphatic rings. The molecule has 0 aromatic heterocycles. The normalized spacial score (nSPS) is 26.6. The Kier molecular flexibility index (Phi) is 6.41. The number of hydrogen-bond donors (Lipinski definition) is 1. The van der Waals surface area contributed by atoms with Gasteiger partial charge in [-0.3, -0.25) is 0 Å². The van der Waals surface area contributed by atoms with Gasteiger partial charge in [0.2, 0.25) is 0 Å². The summed E-state index contributed by atoms with van der Waals surface area (Å²) in [5.41, 5.74) is 0. The van der Waals surface area contributed by atoms with E-state index in [9.17, 15) is 0 Å². The van der Waals surface area contributed by atoms with E-state index < -0.39 is 0 Å². The molecule has 1 nitrogen and oxygen atoms in total. The van der Waals surface area contributed by atoms with Crippen molar-refractivity contribution in [1.29, 1.82) is 0 Å². The Labute approximate surface area is 102 Å². The summed E-state index contributed by atoms with van der Waals surface area (Å²) in [6.07, 6.45) is 8.76. The van der Waals surface area contributed by atoms with Crippen molar-refractivity contribution in [3.05, 3.63) is 0 Å². The Morgan fingerprint density at radius 3 is 2.19 bits per heavy atom. The predicted molar refractivity (Wildman–Crippen MR) is 72.7 cm³/mol. The summed E-state index contributed by atoms with van der Waals surface area (Å²) in [5.74, 6) is 2.83. The van der Waals surface area contributed by atoms with Gasteiger partial charge in [0.25, 0.3) is 0 Å². The Morgan fingerprint density at radius 1 is 1.00 bits per heavy atom. The van der Waals surface area contributed by atoms with Crippen LogP contribution in [0.15, 0.2) is 0 Å². The highest BCUT2D eigenvalue weighted by Crippen LogP contribution is 2.33. The van der Waals surface area contributed by atoms with Gasteiger partial charge in [0.05, 0.1) is 0 Å². The molecule has 1 N–H and O–H groups in total. The molecule has 0 saturated heterocycles. The Bertz CT molecular complexity index is 154. The van der Waals surface area contributed by atoms with Gasteiger partial charge >= 0.3 is 0 Å². The second kappa shape index (κ2) is 7.32. The molecule has 2 unspecified atom stereocenters. The van der Waals surface area contributed by atoms with Crippen LogP contribution in [0.2, 0.25) is 0 Å². The van der Waals surface area contributed by atoms with Crippen LogP contribution in [0, 0.1) is 17.8 Å². The van der Waals surface area contributed by atoms with Crippen molar-refractivity contribution in [2.24, 2.45) is 17.8 Å². The Morgan fingerprint density at radius 2 is 1.62 bits per heavy atom. The van der Waals surface area contributed by atoms with E-state index in [1.807, 2.05) is 0 Å². The topological polar surface area (TPSA) is 12.0 Å². The standard InChI is InChI=1S/C15H31N/c1-12(2)9-10-14-7-5-6-8-15(14)11-16-13(3)4/h12-16H,5-11H2,1-4H3. The van der Waals surface area contributed by atoms with E-state index in [0.29, 0.717) is 6.04 Å².